The van der Waals surface area contributed by atoms with Crippen LogP contribution in [0.1, 0.15) is 25.7 Å². The topological polar surface area (TPSA) is 32.8 Å². The lowest BCUT2D eigenvalue weighted by molar-refractivity contribution is 0.0174. The third-order valence-corrected chi connectivity index (χ3v) is 3.31. The second-order valence-electron chi connectivity index (χ2n) is 3.96. The van der Waals surface area contributed by atoms with E-state index < -0.39 is 0 Å². The lowest BCUT2D eigenvalue weighted by Gasteiger charge is -2.29. The van der Waals surface area contributed by atoms with Crippen LogP contribution in [0.15, 0.2) is 0 Å². The first-order valence-electron chi connectivity index (χ1n) is 4.16. The predicted molar refractivity (Wildman–Crippen MR) is 35.6 cm³/mol. The molecule has 0 radical (unpaired) electrons. The number of rotatable bonds is 0. The molecule has 1 N–H and O–H groups in total. The van der Waals surface area contributed by atoms with Gasteiger partial charge in [0.15, 0.2) is 0 Å². The number of aliphatic hydroxyl groups is 1. The van der Waals surface area contributed by atoms with Crippen molar-refractivity contribution in [2.45, 2.75) is 44.0 Å². The molecule has 1 spiro atoms. The Morgan fingerprint density at radius 2 is 2.20 bits per heavy atom. The van der Waals surface area contributed by atoms with Crippen LogP contribution in [0.2, 0.25) is 0 Å². The standard InChI is InChI=1S/C8H12O2/c9-5-2-1-3-8(4-5)6-7(8)10-6/h5-7,9H,1-4H2. The smallest absolute Gasteiger partial charge is 0.0931 e. The van der Waals surface area contributed by atoms with Crippen molar-refractivity contribution in [2.75, 3.05) is 0 Å². The lowest BCUT2D eigenvalue weighted by atomic mass is 9.83. The summed E-state index contributed by atoms with van der Waals surface area (Å²) in [4.78, 5) is 0. The number of epoxide rings is 1. The Morgan fingerprint density at radius 1 is 1.40 bits per heavy atom. The average molecular weight is 140 g/mol. The molecule has 2 saturated carbocycles. The molecule has 2 nitrogen and oxygen atoms in total. The van der Waals surface area contributed by atoms with Gasteiger partial charge in [-0.3, -0.25) is 0 Å². The number of aliphatic hydroxyl groups excluding tert-OH is 1. The second kappa shape index (κ2) is 1.41. The third-order valence-electron chi connectivity index (χ3n) is 3.31. The molecule has 1 heterocycles. The highest BCUT2D eigenvalue weighted by molar-refractivity contribution is 5.26. The number of hydrogen-bond donors (Lipinski definition) is 1. The molecule has 2 aliphatic carbocycles. The van der Waals surface area contributed by atoms with Gasteiger partial charge >= 0.3 is 0 Å². The Kier molecular flexibility index (Phi) is 0.783. The van der Waals surface area contributed by atoms with Crippen molar-refractivity contribution in [1.29, 1.82) is 0 Å². The first kappa shape index (κ1) is 5.56. The summed E-state index contributed by atoms with van der Waals surface area (Å²) in [5, 5.41) is 9.37. The van der Waals surface area contributed by atoms with Crippen molar-refractivity contribution in [3.05, 3.63) is 0 Å². The fraction of sp³-hybridized carbons (Fsp3) is 1.00. The lowest BCUT2D eigenvalue weighted by Crippen LogP contribution is -2.28. The maximum absolute atomic E-state index is 9.37. The van der Waals surface area contributed by atoms with Gasteiger partial charge in [0.05, 0.1) is 18.3 Å². The van der Waals surface area contributed by atoms with Crippen LogP contribution in [0.5, 0.6) is 0 Å². The Bertz CT molecular complexity index is 170. The van der Waals surface area contributed by atoms with Crippen molar-refractivity contribution >= 4 is 0 Å². The molecule has 0 aromatic carbocycles. The van der Waals surface area contributed by atoms with Crippen molar-refractivity contribution < 1.29 is 9.84 Å². The molecule has 1 aliphatic heterocycles. The third kappa shape index (κ3) is 0.487. The quantitative estimate of drug-likeness (QED) is 0.502. The van der Waals surface area contributed by atoms with E-state index in [0.29, 0.717) is 17.6 Å². The van der Waals surface area contributed by atoms with Gasteiger partial charge < -0.3 is 9.84 Å². The number of ether oxygens (including phenoxy) is 1. The number of hydrogen-bond acceptors (Lipinski definition) is 2. The molecule has 56 valence electrons. The molecule has 2 heteroatoms. The molecule has 3 rings (SSSR count). The molecular weight excluding hydrogens is 128 g/mol. The summed E-state index contributed by atoms with van der Waals surface area (Å²) < 4.78 is 5.24. The molecule has 3 unspecified atom stereocenters. The second-order valence-corrected chi connectivity index (χ2v) is 3.96. The van der Waals surface area contributed by atoms with Crippen LogP contribution in [0.3, 0.4) is 0 Å². The van der Waals surface area contributed by atoms with Gasteiger partial charge in [0.2, 0.25) is 0 Å². The maximum atomic E-state index is 9.37. The summed E-state index contributed by atoms with van der Waals surface area (Å²) in [7, 11) is 0. The zero-order chi connectivity index (χ0) is 6.77. The van der Waals surface area contributed by atoms with Crippen LogP contribution in [0, 0.1) is 5.41 Å². The number of fused-ring (bicyclic) bond motifs is 3. The van der Waals surface area contributed by atoms with Gasteiger partial charge in [-0.25, -0.2) is 0 Å². The fourth-order valence-electron chi connectivity index (χ4n) is 2.55. The van der Waals surface area contributed by atoms with Crippen LogP contribution in [-0.2, 0) is 4.74 Å². The van der Waals surface area contributed by atoms with Crippen LogP contribution in [0.25, 0.3) is 0 Å². The van der Waals surface area contributed by atoms with E-state index in [-0.39, 0.29) is 6.10 Å². The molecule has 0 aromatic heterocycles. The van der Waals surface area contributed by atoms with E-state index >= 15 is 0 Å². The molecule has 3 fully saturated rings. The molecule has 0 amide bonds. The predicted octanol–water partition coefficient (Wildman–Crippen LogP) is 0.689. The van der Waals surface area contributed by atoms with Gasteiger partial charge in [-0.2, -0.15) is 0 Å². The summed E-state index contributed by atoms with van der Waals surface area (Å²) in [5.74, 6) is 0. The Balaban J connectivity index is 1.76. The van der Waals surface area contributed by atoms with Crippen molar-refractivity contribution in [3.63, 3.8) is 0 Å². The summed E-state index contributed by atoms with van der Waals surface area (Å²) in [6.45, 7) is 0. The van der Waals surface area contributed by atoms with Crippen LogP contribution in [0.4, 0.5) is 0 Å². The van der Waals surface area contributed by atoms with E-state index in [1.54, 1.807) is 0 Å². The summed E-state index contributed by atoms with van der Waals surface area (Å²) in [6.07, 6.45) is 5.66. The molecule has 0 bridgehead atoms. The zero-order valence-electron chi connectivity index (χ0n) is 5.92. The van der Waals surface area contributed by atoms with Gasteiger partial charge in [-0.1, -0.05) is 6.42 Å². The van der Waals surface area contributed by atoms with Crippen molar-refractivity contribution in [2.24, 2.45) is 5.41 Å². The van der Waals surface area contributed by atoms with Gasteiger partial charge in [-0.05, 0) is 19.3 Å². The first-order valence-corrected chi connectivity index (χ1v) is 4.16. The molecule has 10 heavy (non-hydrogen) atoms. The minimum Gasteiger partial charge on any atom is -0.393 e. The first-order chi connectivity index (χ1) is 4.83. The Hall–Kier alpha value is -0.0800. The Morgan fingerprint density at radius 3 is 2.60 bits per heavy atom. The van der Waals surface area contributed by atoms with Gasteiger partial charge in [-0.15, -0.1) is 0 Å². The minimum atomic E-state index is -0.0230. The van der Waals surface area contributed by atoms with Crippen LogP contribution < -0.4 is 0 Å². The van der Waals surface area contributed by atoms with Crippen LogP contribution in [-0.4, -0.2) is 23.4 Å². The SMILES string of the molecule is OC1CCCC2(C1)C1OC12. The fourth-order valence-corrected chi connectivity index (χ4v) is 2.55. The normalized spacial score (nSPS) is 63.9. The summed E-state index contributed by atoms with van der Waals surface area (Å²) in [5.41, 5.74) is 0.484. The van der Waals surface area contributed by atoms with E-state index in [0.717, 1.165) is 12.8 Å². The largest absolute Gasteiger partial charge is 0.393 e. The van der Waals surface area contributed by atoms with Gasteiger partial charge in [0.1, 0.15) is 0 Å². The highest BCUT2D eigenvalue weighted by atomic mass is 16.6. The molecule has 3 atom stereocenters. The molecule has 1 saturated heterocycles. The Labute approximate surface area is 60.2 Å². The highest BCUT2D eigenvalue weighted by Gasteiger charge is 2.79. The summed E-state index contributed by atoms with van der Waals surface area (Å²) in [6, 6.07) is 0. The average Bonchev–Trinajstić information content (AvgIpc) is 2.74. The minimum absolute atomic E-state index is 0.0230. The monoisotopic (exact) mass is 140 g/mol. The molecular formula is C8H12O2. The van der Waals surface area contributed by atoms with Crippen molar-refractivity contribution in [1.82, 2.24) is 0 Å². The maximum Gasteiger partial charge on any atom is 0.0931 e. The van der Waals surface area contributed by atoms with Gasteiger partial charge in [0.25, 0.3) is 0 Å². The molecule has 3 aliphatic rings. The van der Waals surface area contributed by atoms with E-state index in [2.05, 4.69) is 0 Å². The summed E-state index contributed by atoms with van der Waals surface area (Å²) >= 11 is 0. The van der Waals surface area contributed by atoms with E-state index in [4.69, 9.17) is 4.74 Å². The van der Waals surface area contributed by atoms with Gasteiger partial charge in [0, 0.05) is 5.41 Å². The van der Waals surface area contributed by atoms with E-state index in [9.17, 15) is 5.11 Å². The van der Waals surface area contributed by atoms with E-state index in [1.807, 2.05) is 0 Å². The van der Waals surface area contributed by atoms with Crippen molar-refractivity contribution in [3.8, 4) is 0 Å². The molecule has 0 aromatic rings. The van der Waals surface area contributed by atoms with E-state index in [1.165, 1.54) is 12.8 Å². The zero-order valence-corrected chi connectivity index (χ0v) is 5.92. The van der Waals surface area contributed by atoms with Crippen LogP contribution >= 0.6 is 0 Å². The highest BCUT2D eigenvalue weighted by Crippen LogP contribution is 2.70.